The van der Waals surface area contributed by atoms with Crippen LogP contribution in [-0.4, -0.2) is 33.0 Å². The maximum Gasteiger partial charge on any atom is 0.303 e. The summed E-state index contributed by atoms with van der Waals surface area (Å²) in [7, 11) is 0. The van der Waals surface area contributed by atoms with Gasteiger partial charge >= 0.3 is 5.97 Å². The molecule has 4 nitrogen and oxygen atoms in total. The number of carbonyl (C=O) groups is 1. The molecule has 128 valence electrons. The predicted molar refractivity (Wildman–Crippen MR) is 87.7 cm³/mol. The Labute approximate surface area is 134 Å². The van der Waals surface area contributed by atoms with Crippen LogP contribution in [0.3, 0.4) is 0 Å². The van der Waals surface area contributed by atoms with Gasteiger partial charge in [0.15, 0.2) is 0 Å². The fraction of sp³-hybridized carbons (Fsp3) is 0.833. The van der Waals surface area contributed by atoms with Crippen LogP contribution in [0.1, 0.15) is 77.6 Å². The Balaban J connectivity index is 2.36. The molecule has 0 heterocycles. The van der Waals surface area contributed by atoms with Crippen molar-refractivity contribution in [3.63, 3.8) is 0 Å². The largest absolute Gasteiger partial charge is 0.481 e. The lowest BCUT2D eigenvalue weighted by atomic mass is 9.75. The van der Waals surface area contributed by atoms with Crippen LogP contribution < -0.4 is 0 Å². The summed E-state index contributed by atoms with van der Waals surface area (Å²) in [6.07, 6.45) is 12.4. The molecule has 22 heavy (non-hydrogen) atoms. The van der Waals surface area contributed by atoms with Gasteiger partial charge in [0.1, 0.15) is 0 Å². The van der Waals surface area contributed by atoms with Gasteiger partial charge in [-0.2, -0.15) is 0 Å². The topological polar surface area (TPSA) is 77.8 Å². The van der Waals surface area contributed by atoms with Crippen LogP contribution in [-0.2, 0) is 4.79 Å². The molecule has 1 fully saturated rings. The first kappa shape index (κ1) is 19.2. The smallest absolute Gasteiger partial charge is 0.303 e. The van der Waals surface area contributed by atoms with E-state index in [0.717, 1.165) is 44.9 Å². The van der Waals surface area contributed by atoms with Crippen LogP contribution in [0.15, 0.2) is 12.2 Å². The summed E-state index contributed by atoms with van der Waals surface area (Å²) in [5, 5.41) is 29.2. The first-order valence-corrected chi connectivity index (χ1v) is 8.76. The van der Waals surface area contributed by atoms with Crippen molar-refractivity contribution >= 4 is 5.97 Å². The summed E-state index contributed by atoms with van der Waals surface area (Å²) in [6, 6.07) is 0. The molecule has 3 atom stereocenters. The maximum absolute atomic E-state index is 10.6. The van der Waals surface area contributed by atoms with E-state index in [4.69, 9.17) is 5.11 Å². The van der Waals surface area contributed by atoms with Gasteiger partial charge in [-0.3, -0.25) is 4.79 Å². The van der Waals surface area contributed by atoms with Crippen LogP contribution in [0.25, 0.3) is 0 Å². The van der Waals surface area contributed by atoms with Gasteiger partial charge in [0.05, 0.1) is 11.7 Å². The van der Waals surface area contributed by atoms with E-state index in [1.807, 2.05) is 6.08 Å². The molecule has 0 aromatic heterocycles. The van der Waals surface area contributed by atoms with E-state index >= 15 is 0 Å². The number of unbranched alkanes of at least 4 members (excludes halogenated alkanes) is 2. The van der Waals surface area contributed by atoms with Crippen LogP contribution in [0.2, 0.25) is 0 Å². The van der Waals surface area contributed by atoms with Gasteiger partial charge in [0.2, 0.25) is 0 Å². The Morgan fingerprint density at radius 1 is 1.36 bits per heavy atom. The fourth-order valence-corrected chi connectivity index (χ4v) is 3.33. The molecule has 0 aromatic rings. The molecule has 3 N–H and O–H groups in total. The molecule has 4 heteroatoms. The van der Waals surface area contributed by atoms with Gasteiger partial charge in [-0.05, 0) is 44.4 Å². The maximum atomic E-state index is 10.6. The van der Waals surface area contributed by atoms with Gasteiger partial charge < -0.3 is 15.3 Å². The van der Waals surface area contributed by atoms with Gasteiger partial charge in [0, 0.05) is 6.42 Å². The number of hydrogen-bond donors (Lipinski definition) is 3. The van der Waals surface area contributed by atoms with Gasteiger partial charge in [0.25, 0.3) is 0 Å². The van der Waals surface area contributed by atoms with Gasteiger partial charge in [-0.1, -0.05) is 44.8 Å². The third-order valence-electron chi connectivity index (χ3n) is 4.60. The minimum Gasteiger partial charge on any atom is -0.481 e. The number of aliphatic hydroxyl groups excluding tert-OH is 1. The molecule has 1 unspecified atom stereocenters. The van der Waals surface area contributed by atoms with E-state index < -0.39 is 11.6 Å². The highest BCUT2D eigenvalue weighted by Gasteiger charge is 2.32. The lowest BCUT2D eigenvalue weighted by Crippen LogP contribution is -2.34. The zero-order chi connectivity index (χ0) is 16.4. The van der Waals surface area contributed by atoms with Crippen LogP contribution in [0.4, 0.5) is 0 Å². The highest BCUT2D eigenvalue weighted by Crippen LogP contribution is 2.36. The number of aliphatic carboxylic acids is 1. The number of carboxylic acid groups (broad SMARTS) is 1. The number of rotatable bonds is 10. The monoisotopic (exact) mass is 312 g/mol. The van der Waals surface area contributed by atoms with Crippen LogP contribution >= 0.6 is 0 Å². The second-order valence-corrected chi connectivity index (χ2v) is 6.78. The molecule has 0 radical (unpaired) electrons. The lowest BCUT2D eigenvalue weighted by Gasteiger charge is -2.36. The molecule has 0 spiro atoms. The molecule has 0 aromatic carbocycles. The molecular formula is C18H32O4. The summed E-state index contributed by atoms with van der Waals surface area (Å²) < 4.78 is 0. The van der Waals surface area contributed by atoms with Gasteiger partial charge in [-0.25, -0.2) is 0 Å². The van der Waals surface area contributed by atoms with Crippen molar-refractivity contribution < 1.29 is 20.1 Å². The quantitative estimate of drug-likeness (QED) is 0.425. The summed E-state index contributed by atoms with van der Waals surface area (Å²) in [4.78, 5) is 10.6. The summed E-state index contributed by atoms with van der Waals surface area (Å²) >= 11 is 0. The van der Waals surface area contributed by atoms with E-state index in [0.29, 0.717) is 25.2 Å². The normalized spacial score (nSPS) is 27.1. The zero-order valence-electron chi connectivity index (χ0n) is 13.8. The molecule has 0 amide bonds. The van der Waals surface area contributed by atoms with Crippen molar-refractivity contribution in [2.24, 2.45) is 5.92 Å². The van der Waals surface area contributed by atoms with Crippen molar-refractivity contribution in [2.75, 3.05) is 0 Å². The van der Waals surface area contributed by atoms with Crippen molar-refractivity contribution in [1.29, 1.82) is 0 Å². The zero-order valence-corrected chi connectivity index (χ0v) is 13.8. The number of hydrogen-bond acceptors (Lipinski definition) is 3. The van der Waals surface area contributed by atoms with Crippen molar-refractivity contribution in [3.05, 3.63) is 12.2 Å². The predicted octanol–water partition coefficient (Wildman–Crippen LogP) is 3.66. The molecule has 0 bridgehead atoms. The van der Waals surface area contributed by atoms with Crippen LogP contribution in [0.5, 0.6) is 0 Å². The standard InChI is InChI=1S/C18H32O4/c1-2-3-4-8-16(19)11-10-15-7-5-12-18(22,14-15)13-6-9-17(20)21/h10-11,15-16,19,22H,2-9,12-14H2,1H3,(H,20,21)/b11-10+/t15-,16?,18-/m1/s1. The number of allylic oxidation sites excluding steroid dienone is 1. The SMILES string of the molecule is CCCCCC(O)/C=C/[C@H]1CCC[C@@](O)(CCCC(=O)O)C1. The van der Waals surface area contributed by atoms with Crippen molar-refractivity contribution in [3.8, 4) is 0 Å². The van der Waals surface area contributed by atoms with Crippen LogP contribution in [0, 0.1) is 5.92 Å². The molecule has 0 saturated heterocycles. The fourth-order valence-electron chi connectivity index (χ4n) is 3.33. The molecule has 1 aliphatic rings. The Hall–Kier alpha value is -0.870. The molecule has 1 rings (SSSR count). The third kappa shape index (κ3) is 7.95. The third-order valence-corrected chi connectivity index (χ3v) is 4.60. The Kier molecular flexibility index (Phi) is 8.72. The minimum absolute atomic E-state index is 0.124. The number of aliphatic hydroxyl groups is 2. The van der Waals surface area contributed by atoms with E-state index in [2.05, 4.69) is 13.0 Å². The highest BCUT2D eigenvalue weighted by atomic mass is 16.4. The van der Waals surface area contributed by atoms with E-state index in [1.54, 1.807) is 0 Å². The summed E-state index contributed by atoms with van der Waals surface area (Å²) in [5.41, 5.74) is -0.726. The van der Waals surface area contributed by atoms with Crippen molar-refractivity contribution in [1.82, 2.24) is 0 Å². The second-order valence-electron chi connectivity index (χ2n) is 6.78. The average Bonchev–Trinajstić information content (AvgIpc) is 2.45. The van der Waals surface area contributed by atoms with E-state index in [1.165, 1.54) is 0 Å². The Bertz CT molecular complexity index is 353. The second kappa shape index (κ2) is 10.0. The van der Waals surface area contributed by atoms with E-state index in [-0.39, 0.29) is 12.5 Å². The number of carboxylic acids is 1. The van der Waals surface area contributed by atoms with Gasteiger partial charge in [-0.15, -0.1) is 0 Å². The van der Waals surface area contributed by atoms with E-state index in [9.17, 15) is 15.0 Å². The minimum atomic E-state index is -0.800. The van der Waals surface area contributed by atoms with Crippen molar-refractivity contribution in [2.45, 2.75) is 89.3 Å². The Morgan fingerprint density at radius 3 is 2.82 bits per heavy atom. The molecule has 1 aliphatic carbocycles. The molecular weight excluding hydrogens is 280 g/mol. The molecule has 1 saturated carbocycles. The first-order chi connectivity index (χ1) is 10.4. The first-order valence-electron chi connectivity index (χ1n) is 8.76. The lowest BCUT2D eigenvalue weighted by molar-refractivity contribution is -0.137. The summed E-state index contributed by atoms with van der Waals surface area (Å²) in [5.74, 6) is -0.504. The highest BCUT2D eigenvalue weighted by molar-refractivity contribution is 5.66. The average molecular weight is 312 g/mol. The summed E-state index contributed by atoms with van der Waals surface area (Å²) in [6.45, 7) is 2.15. The molecule has 0 aliphatic heterocycles. The Morgan fingerprint density at radius 2 is 2.14 bits per heavy atom.